The summed E-state index contributed by atoms with van der Waals surface area (Å²) in [6, 6.07) is 0. The Bertz CT molecular complexity index is 29.3. The van der Waals surface area contributed by atoms with Crippen molar-refractivity contribution in [1.29, 1.82) is 0 Å². The minimum Gasteiger partial charge on any atom is -0.0811 e. The van der Waals surface area contributed by atoms with Gasteiger partial charge in [0.15, 0.2) is 0 Å². The summed E-state index contributed by atoms with van der Waals surface area (Å²) in [5.74, 6) is 0. The average molecular weight is 82.1 g/mol. The fraction of sp³-hybridized carbons (Fsp3) is 0.500. The zero-order chi connectivity index (χ0) is 4.83. The molecule has 0 fully saturated rings. The van der Waals surface area contributed by atoms with Gasteiger partial charge >= 0.3 is 0 Å². The van der Waals surface area contributed by atoms with Crippen molar-refractivity contribution < 1.29 is 0 Å². The molecule has 0 heteroatoms. The summed E-state index contributed by atoms with van der Waals surface area (Å²) in [6.07, 6.45) is 6.83. The van der Waals surface area contributed by atoms with Gasteiger partial charge < -0.3 is 0 Å². The molecular weight excluding hydrogens is 72.1 g/mol. The number of hydrogen-bond donors (Lipinski definition) is 0. The molecule has 0 aliphatic rings. The van der Waals surface area contributed by atoms with Gasteiger partial charge in [-0.05, 0) is 25.8 Å². The van der Waals surface area contributed by atoms with Gasteiger partial charge in [0, 0.05) is 0 Å². The van der Waals surface area contributed by atoms with E-state index in [0.29, 0.717) is 0 Å². The smallest absolute Gasteiger partial charge is 0.0308 e. The molecule has 0 saturated heterocycles. The topological polar surface area (TPSA) is 0 Å². The maximum atomic E-state index is 3.61. The lowest BCUT2D eigenvalue weighted by molar-refractivity contribution is 1.16. The number of hydrogen-bond acceptors (Lipinski definition) is 0. The van der Waals surface area contributed by atoms with Gasteiger partial charge in [0.25, 0.3) is 0 Å². The quantitative estimate of drug-likeness (QED) is 0.478. The Balaban J connectivity index is 2.73. The predicted molar refractivity (Wildman–Crippen MR) is 28.1 cm³/mol. The lowest BCUT2D eigenvalue weighted by atomic mass is 10.4. The summed E-state index contributed by atoms with van der Waals surface area (Å²) < 4.78 is 0. The molecule has 0 amide bonds. The fourth-order valence-corrected chi connectivity index (χ4v) is 0.246. The molecule has 6 heavy (non-hydrogen) atoms. The normalized spacial score (nSPS) is 10.3. The van der Waals surface area contributed by atoms with Crippen molar-refractivity contribution in [3.05, 3.63) is 19.1 Å². The van der Waals surface area contributed by atoms with Crippen LogP contribution < -0.4 is 0 Å². The Morgan fingerprint density at radius 1 is 1.83 bits per heavy atom. The summed E-state index contributed by atoms with van der Waals surface area (Å²) in [5.41, 5.74) is 0. The minimum absolute atomic E-state index is 0.869. The summed E-state index contributed by atoms with van der Waals surface area (Å²) in [6.45, 7) is 5.67. The van der Waals surface area contributed by atoms with Crippen LogP contribution in [0.2, 0.25) is 0 Å². The lowest BCUT2D eigenvalue weighted by Crippen LogP contribution is -1.53. The first-order valence-corrected chi connectivity index (χ1v) is 2.26. The van der Waals surface area contributed by atoms with E-state index in [-0.39, 0.29) is 0 Å². The summed E-state index contributed by atoms with van der Waals surface area (Å²) in [7, 11) is 0. The van der Waals surface area contributed by atoms with Gasteiger partial charge in [-0.25, -0.2) is 0 Å². The van der Waals surface area contributed by atoms with Crippen molar-refractivity contribution in [1.82, 2.24) is 0 Å². The van der Waals surface area contributed by atoms with Gasteiger partial charge in [0.1, 0.15) is 0 Å². The van der Waals surface area contributed by atoms with Crippen LogP contribution in [-0.4, -0.2) is 0 Å². The van der Waals surface area contributed by atoms with Crippen molar-refractivity contribution in [2.45, 2.75) is 19.8 Å². The van der Waals surface area contributed by atoms with Crippen molar-refractivity contribution in [2.75, 3.05) is 0 Å². The molecule has 0 aromatic rings. The molecule has 0 atom stereocenters. The Morgan fingerprint density at radius 3 is 2.67 bits per heavy atom. The third-order valence-electron chi connectivity index (χ3n) is 0.493. The first-order chi connectivity index (χ1) is 2.91. The van der Waals surface area contributed by atoms with E-state index in [1.807, 2.05) is 6.08 Å². The van der Waals surface area contributed by atoms with Crippen LogP contribution in [0.1, 0.15) is 19.8 Å². The second-order valence-corrected chi connectivity index (χ2v) is 1.05. The maximum Gasteiger partial charge on any atom is -0.0308 e. The van der Waals surface area contributed by atoms with E-state index in [9.17, 15) is 0 Å². The largest absolute Gasteiger partial charge is 0.0811 e. The first kappa shape index (κ1) is 5.74. The van der Waals surface area contributed by atoms with Crippen molar-refractivity contribution in [3.8, 4) is 0 Å². The van der Waals surface area contributed by atoms with Crippen molar-refractivity contribution in [2.24, 2.45) is 0 Å². The van der Waals surface area contributed by atoms with E-state index < -0.39 is 0 Å². The van der Waals surface area contributed by atoms with E-state index in [1.165, 1.54) is 0 Å². The van der Waals surface area contributed by atoms with E-state index in [2.05, 4.69) is 19.9 Å². The molecule has 0 aliphatic heterocycles. The molecule has 0 N–H and O–H groups in total. The molecule has 0 bridgehead atoms. The van der Waals surface area contributed by atoms with Gasteiger partial charge in [-0.15, -0.1) is 0 Å². The number of rotatable bonds is 2. The predicted octanol–water partition coefficient (Wildman–Crippen LogP) is 1.98. The highest BCUT2D eigenvalue weighted by atomic mass is 13.7. The zero-order valence-electron chi connectivity index (χ0n) is 4.20. The molecule has 34 valence electrons. The Morgan fingerprint density at radius 2 is 2.50 bits per heavy atom. The molecule has 0 aliphatic carbocycles. The van der Waals surface area contributed by atoms with E-state index in [4.69, 9.17) is 0 Å². The molecular formula is C6H10. The van der Waals surface area contributed by atoms with Crippen LogP contribution in [0.15, 0.2) is 6.08 Å². The Kier molecular flexibility index (Phi) is 4.53. The highest BCUT2D eigenvalue weighted by molar-refractivity contribution is 4.72. The minimum atomic E-state index is 0.869. The van der Waals surface area contributed by atoms with Crippen LogP contribution in [0, 0.1) is 13.0 Å². The highest BCUT2D eigenvalue weighted by Crippen LogP contribution is 1.79. The van der Waals surface area contributed by atoms with Crippen LogP contribution in [0.25, 0.3) is 0 Å². The highest BCUT2D eigenvalue weighted by Gasteiger charge is 1.61. The number of allylic oxidation sites excluding steroid dienone is 2. The SMILES string of the molecule is [CH2]C/C=[C]/CC. The molecule has 0 spiro atoms. The van der Waals surface area contributed by atoms with Crippen LogP contribution in [0.4, 0.5) is 0 Å². The molecule has 0 rings (SSSR count). The van der Waals surface area contributed by atoms with Gasteiger partial charge in [0.05, 0.1) is 0 Å². The molecule has 0 unspecified atom stereocenters. The second-order valence-electron chi connectivity index (χ2n) is 1.05. The Hall–Kier alpha value is -0.260. The molecule has 0 heterocycles. The summed E-state index contributed by atoms with van der Waals surface area (Å²) in [4.78, 5) is 0. The van der Waals surface area contributed by atoms with Crippen LogP contribution in [0.5, 0.6) is 0 Å². The van der Waals surface area contributed by atoms with Gasteiger partial charge in [-0.1, -0.05) is 13.0 Å². The van der Waals surface area contributed by atoms with E-state index in [1.54, 1.807) is 0 Å². The Labute approximate surface area is 39.9 Å². The molecule has 2 radical (unpaired) electrons. The fourth-order valence-electron chi connectivity index (χ4n) is 0.246. The first-order valence-electron chi connectivity index (χ1n) is 2.26. The second kappa shape index (κ2) is 4.74. The van der Waals surface area contributed by atoms with E-state index in [0.717, 1.165) is 12.8 Å². The third kappa shape index (κ3) is 3.74. The summed E-state index contributed by atoms with van der Waals surface area (Å²) in [5, 5.41) is 0. The molecule has 0 nitrogen and oxygen atoms in total. The molecule has 0 saturated carbocycles. The monoisotopic (exact) mass is 82.1 g/mol. The maximum absolute atomic E-state index is 3.61. The summed E-state index contributed by atoms with van der Waals surface area (Å²) >= 11 is 0. The van der Waals surface area contributed by atoms with E-state index >= 15 is 0 Å². The van der Waals surface area contributed by atoms with Gasteiger partial charge in [0.2, 0.25) is 0 Å². The average Bonchev–Trinajstić information content (AvgIpc) is 1.61. The van der Waals surface area contributed by atoms with Crippen molar-refractivity contribution in [3.63, 3.8) is 0 Å². The zero-order valence-corrected chi connectivity index (χ0v) is 4.20. The van der Waals surface area contributed by atoms with Crippen molar-refractivity contribution >= 4 is 0 Å². The third-order valence-corrected chi connectivity index (χ3v) is 0.493. The van der Waals surface area contributed by atoms with Gasteiger partial charge in [-0.3, -0.25) is 0 Å². The standard InChI is InChI=1S/C6H10/c1-3-5-6-4-2/h5H,1,3-4H2,2H3. The molecule has 0 aromatic carbocycles. The lowest BCUT2D eigenvalue weighted by Gasteiger charge is -1.71. The van der Waals surface area contributed by atoms with Crippen LogP contribution >= 0.6 is 0 Å². The van der Waals surface area contributed by atoms with Crippen LogP contribution in [0.3, 0.4) is 0 Å². The van der Waals surface area contributed by atoms with Gasteiger partial charge in [-0.2, -0.15) is 0 Å². The molecule has 0 aromatic heterocycles. The van der Waals surface area contributed by atoms with Crippen LogP contribution in [-0.2, 0) is 0 Å².